The Balaban J connectivity index is 2.04. The first-order chi connectivity index (χ1) is 17.5. The molecule has 0 saturated carbocycles. The molecule has 3 aromatic rings. The van der Waals surface area contributed by atoms with Crippen LogP contribution < -0.4 is 9.62 Å². The normalized spacial score (nSPS) is 12.2. The SMILES string of the molecule is Cc1ccc(N(CC(=O)N(Cc2ccccc2)[C@H](C)C(=O)NC(C)C)S(=O)(=O)c2ccccc2)c(C)c1. The van der Waals surface area contributed by atoms with E-state index < -0.39 is 28.5 Å². The van der Waals surface area contributed by atoms with Crippen molar-refractivity contribution in [2.45, 2.75) is 58.1 Å². The summed E-state index contributed by atoms with van der Waals surface area (Å²) in [6.07, 6.45) is 0. The number of aryl methyl sites for hydroxylation is 2. The zero-order valence-corrected chi connectivity index (χ0v) is 22.8. The van der Waals surface area contributed by atoms with Crippen LogP contribution in [-0.2, 0) is 26.2 Å². The molecule has 1 N–H and O–H groups in total. The lowest BCUT2D eigenvalue weighted by molar-refractivity contribution is -0.139. The summed E-state index contributed by atoms with van der Waals surface area (Å²) in [6, 6.07) is 21.9. The molecule has 3 aromatic carbocycles. The number of nitrogens with one attached hydrogen (secondary N) is 1. The molecule has 0 saturated heterocycles. The fourth-order valence-corrected chi connectivity index (χ4v) is 5.59. The monoisotopic (exact) mass is 521 g/mol. The summed E-state index contributed by atoms with van der Waals surface area (Å²) in [7, 11) is -4.07. The van der Waals surface area contributed by atoms with Crippen molar-refractivity contribution in [1.29, 1.82) is 0 Å². The number of rotatable bonds is 10. The third-order valence-corrected chi connectivity index (χ3v) is 7.80. The van der Waals surface area contributed by atoms with Gasteiger partial charge in [-0.25, -0.2) is 8.42 Å². The first kappa shape index (κ1) is 27.9. The summed E-state index contributed by atoms with van der Waals surface area (Å²) in [4.78, 5) is 28.3. The van der Waals surface area contributed by atoms with Crippen LogP contribution in [0.1, 0.15) is 37.5 Å². The van der Waals surface area contributed by atoms with Gasteiger partial charge < -0.3 is 10.2 Å². The minimum atomic E-state index is -4.07. The van der Waals surface area contributed by atoms with Crippen molar-refractivity contribution in [3.05, 3.63) is 95.6 Å². The van der Waals surface area contributed by atoms with Crippen molar-refractivity contribution in [3.63, 3.8) is 0 Å². The molecule has 0 bridgehead atoms. The highest BCUT2D eigenvalue weighted by molar-refractivity contribution is 7.92. The second-order valence-corrected chi connectivity index (χ2v) is 11.3. The quantitative estimate of drug-likeness (QED) is 0.427. The van der Waals surface area contributed by atoms with Gasteiger partial charge in [0.1, 0.15) is 12.6 Å². The van der Waals surface area contributed by atoms with Crippen LogP contribution in [0.3, 0.4) is 0 Å². The van der Waals surface area contributed by atoms with E-state index >= 15 is 0 Å². The number of carbonyl (C=O) groups is 2. The van der Waals surface area contributed by atoms with Crippen molar-refractivity contribution in [1.82, 2.24) is 10.2 Å². The topological polar surface area (TPSA) is 86.8 Å². The molecule has 0 fully saturated rings. The predicted octanol–water partition coefficient (Wildman–Crippen LogP) is 4.44. The number of hydrogen-bond acceptors (Lipinski definition) is 4. The van der Waals surface area contributed by atoms with E-state index in [2.05, 4.69) is 5.32 Å². The Bertz CT molecular complexity index is 1330. The molecular formula is C29H35N3O4S. The highest BCUT2D eigenvalue weighted by atomic mass is 32.2. The Kier molecular flexibility index (Phi) is 9.10. The van der Waals surface area contributed by atoms with Gasteiger partial charge in [-0.1, -0.05) is 66.2 Å². The van der Waals surface area contributed by atoms with Crippen LogP contribution >= 0.6 is 0 Å². The van der Waals surface area contributed by atoms with Crippen LogP contribution in [0.5, 0.6) is 0 Å². The summed E-state index contributed by atoms with van der Waals surface area (Å²) in [6.45, 7) is 8.82. The van der Waals surface area contributed by atoms with Gasteiger partial charge in [0.15, 0.2) is 0 Å². The minimum absolute atomic E-state index is 0.0861. The molecule has 196 valence electrons. The first-order valence-electron chi connectivity index (χ1n) is 12.3. The fraction of sp³-hybridized carbons (Fsp3) is 0.310. The van der Waals surface area contributed by atoms with E-state index in [1.165, 1.54) is 17.0 Å². The summed E-state index contributed by atoms with van der Waals surface area (Å²) in [5, 5.41) is 2.86. The summed E-state index contributed by atoms with van der Waals surface area (Å²) >= 11 is 0. The maximum absolute atomic E-state index is 13.9. The summed E-state index contributed by atoms with van der Waals surface area (Å²) in [5.74, 6) is -0.780. The Hall–Kier alpha value is -3.65. The number of anilines is 1. The van der Waals surface area contributed by atoms with Gasteiger partial charge in [-0.2, -0.15) is 0 Å². The van der Waals surface area contributed by atoms with Crippen LogP contribution in [0.2, 0.25) is 0 Å². The molecular weight excluding hydrogens is 486 g/mol. The van der Waals surface area contributed by atoms with Crippen LogP contribution in [-0.4, -0.2) is 43.8 Å². The Morgan fingerprint density at radius 1 is 0.865 bits per heavy atom. The number of benzene rings is 3. The molecule has 8 heteroatoms. The molecule has 0 spiro atoms. The lowest BCUT2D eigenvalue weighted by Gasteiger charge is -2.32. The van der Waals surface area contributed by atoms with Gasteiger partial charge in [0.25, 0.3) is 10.0 Å². The molecule has 2 amide bonds. The molecule has 0 radical (unpaired) electrons. The molecule has 0 unspecified atom stereocenters. The van der Waals surface area contributed by atoms with Gasteiger partial charge >= 0.3 is 0 Å². The van der Waals surface area contributed by atoms with Gasteiger partial charge in [0, 0.05) is 12.6 Å². The van der Waals surface area contributed by atoms with Crippen molar-refractivity contribution in [2.75, 3.05) is 10.8 Å². The number of sulfonamides is 1. The maximum Gasteiger partial charge on any atom is 0.264 e. The minimum Gasteiger partial charge on any atom is -0.352 e. The van der Waals surface area contributed by atoms with Crippen molar-refractivity contribution < 1.29 is 18.0 Å². The number of amides is 2. The third-order valence-electron chi connectivity index (χ3n) is 6.03. The van der Waals surface area contributed by atoms with Crippen LogP contribution in [0.4, 0.5) is 5.69 Å². The lowest BCUT2D eigenvalue weighted by atomic mass is 10.1. The van der Waals surface area contributed by atoms with Crippen molar-refractivity contribution >= 4 is 27.5 Å². The summed E-state index contributed by atoms with van der Waals surface area (Å²) < 4.78 is 28.8. The second-order valence-electron chi connectivity index (χ2n) is 9.46. The van der Waals surface area contributed by atoms with Crippen LogP contribution in [0, 0.1) is 13.8 Å². The molecule has 0 aliphatic heterocycles. The van der Waals surface area contributed by atoms with E-state index in [-0.39, 0.29) is 23.4 Å². The van der Waals surface area contributed by atoms with Crippen LogP contribution in [0.25, 0.3) is 0 Å². The van der Waals surface area contributed by atoms with Gasteiger partial charge in [-0.3, -0.25) is 13.9 Å². The Morgan fingerprint density at radius 3 is 2.03 bits per heavy atom. The zero-order valence-electron chi connectivity index (χ0n) is 22.0. The molecule has 3 rings (SSSR count). The van der Waals surface area contributed by atoms with E-state index in [0.29, 0.717) is 5.69 Å². The molecule has 0 aliphatic rings. The number of carbonyl (C=O) groups excluding carboxylic acids is 2. The smallest absolute Gasteiger partial charge is 0.264 e. The van der Waals surface area contributed by atoms with Gasteiger partial charge in [-0.05, 0) is 63.9 Å². The lowest BCUT2D eigenvalue weighted by Crippen LogP contribution is -2.52. The average Bonchev–Trinajstić information content (AvgIpc) is 2.86. The van der Waals surface area contributed by atoms with E-state index in [1.807, 2.05) is 70.2 Å². The van der Waals surface area contributed by atoms with E-state index in [9.17, 15) is 18.0 Å². The standard InChI is InChI=1S/C29H35N3O4S/c1-21(2)30-29(34)24(5)31(19-25-12-8-6-9-13-25)28(33)20-32(27-17-16-22(3)18-23(27)4)37(35,36)26-14-10-7-11-15-26/h6-18,21,24H,19-20H2,1-5H3,(H,30,34)/t24-/m1/s1. The first-order valence-corrected chi connectivity index (χ1v) is 13.7. The van der Waals surface area contributed by atoms with Crippen LogP contribution in [0.15, 0.2) is 83.8 Å². The third kappa shape index (κ3) is 6.98. The number of hydrogen-bond donors (Lipinski definition) is 1. The molecule has 0 aromatic heterocycles. The highest BCUT2D eigenvalue weighted by Gasteiger charge is 2.33. The van der Waals surface area contributed by atoms with E-state index in [1.54, 1.807) is 31.2 Å². The Labute approximate surface area is 220 Å². The highest BCUT2D eigenvalue weighted by Crippen LogP contribution is 2.28. The predicted molar refractivity (Wildman–Crippen MR) is 147 cm³/mol. The van der Waals surface area contributed by atoms with Crippen molar-refractivity contribution in [3.8, 4) is 0 Å². The summed E-state index contributed by atoms with van der Waals surface area (Å²) in [5.41, 5.74) is 2.97. The Morgan fingerprint density at radius 2 is 1.46 bits per heavy atom. The van der Waals surface area contributed by atoms with Gasteiger partial charge in [0.05, 0.1) is 10.6 Å². The molecule has 0 heterocycles. The van der Waals surface area contributed by atoms with Crippen molar-refractivity contribution in [2.24, 2.45) is 0 Å². The largest absolute Gasteiger partial charge is 0.352 e. The fourth-order valence-electron chi connectivity index (χ4n) is 4.09. The molecule has 1 atom stereocenters. The average molecular weight is 522 g/mol. The van der Waals surface area contributed by atoms with E-state index in [0.717, 1.165) is 21.0 Å². The van der Waals surface area contributed by atoms with Gasteiger partial charge in [0.2, 0.25) is 11.8 Å². The molecule has 0 aliphatic carbocycles. The zero-order chi connectivity index (χ0) is 27.2. The molecule has 7 nitrogen and oxygen atoms in total. The van der Waals surface area contributed by atoms with E-state index in [4.69, 9.17) is 0 Å². The van der Waals surface area contributed by atoms with Gasteiger partial charge in [-0.15, -0.1) is 0 Å². The second kappa shape index (κ2) is 12.1. The maximum atomic E-state index is 13.9. The number of nitrogens with zero attached hydrogens (tertiary/aromatic N) is 2. The molecule has 37 heavy (non-hydrogen) atoms.